The average molecular weight is 312 g/mol. The summed E-state index contributed by atoms with van der Waals surface area (Å²) in [6, 6.07) is 8.21. The molecule has 5 nitrogen and oxygen atoms in total. The Labute approximate surface area is 131 Å². The zero-order chi connectivity index (χ0) is 16.4. The Hall–Kier alpha value is -2.53. The molecule has 23 heavy (non-hydrogen) atoms. The number of fused-ring (bicyclic) bond motifs is 4. The molecule has 118 valence electrons. The maximum Gasteiger partial charge on any atom is 0.204 e. The monoisotopic (exact) mass is 312 g/mol. The lowest BCUT2D eigenvalue weighted by atomic mass is 9.97. The van der Waals surface area contributed by atoms with Gasteiger partial charge in [-0.25, -0.2) is 0 Å². The van der Waals surface area contributed by atoms with Crippen molar-refractivity contribution in [3.8, 4) is 11.5 Å². The van der Waals surface area contributed by atoms with Crippen molar-refractivity contribution in [1.29, 1.82) is 0 Å². The van der Waals surface area contributed by atoms with Crippen molar-refractivity contribution in [2.75, 3.05) is 0 Å². The van der Waals surface area contributed by atoms with Gasteiger partial charge in [-0.1, -0.05) is 12.1 Å². The van der Waals surface area contributed by atoms with Gasteiger partial charge in [-0.2, -0.15) is 0 Å². The number of hydrogen-bond donors (Lipinski definition) is 2. The highest BCUT2D eigenvalue weighted by molar-refractivity contribution is 5.95. The van der Waals surface area contributed by atoms with Gasteiger partial charge in [0.1, 0.15) is 22.8 Å². The van der Waals surface area contributed by atoms with E-state index in [1.807, 2.05) is 6.07 Å². The quantitative estimate of drug-likeness (QED) is 0.675. The fraction of sp³-hybridized carbons (Fsp3) is 0.278. The van der Waals surface area contributed by atoms with Crippen LogP contribution < -0.4 is 10.2 Å². The van der Waals surface area contributed by atoms with E-state index in [4.69, 9.17) is 9.15 Å². The molecule has 0 aliphatic carbocycles. The molecule has 3 aromatic rings. The third-order valence-corrected chi connectivity index (χ3v) is 4.33. The summed E-state index contributed by atoms with van der Waals surface area (Å²) in [6.45, 7) is 3.38. The van der Waals surface area contributed by atoms with Gasteiger partial charge in [0.05, 0.1) is 11.0 Å². The van der Waals surface area contributed by atoms with Crippen LogP contribution in [0.2, 0.25) is 0 Å². The lowest BCUT2D eigenvalue weighted by molar-refractivity contribution is -0.0227. The molecule has 1 atom stereocenters. The van der Waals surface area contributed by atoms with E-state index in [-0.39, 0.29) is 16.6 Å². The van der Waals surface area contributed by atoms with Crippen molar-refractivity contribution in [2.45, 2.75) is 32.0 Å². The SMILES string of the molecule is CC(C)(O)C1Cc2ccc3c(=O)c4c(O)cccc4oc3c2O1. The zero-order valence-electron chi connectivity index (χ0n) is 12.8. The van der Waals surface area contributed by atoms with E-state index in [9.17, 15) is 15.0 Å². The highest BCUT2D eigenvalue weighted by atomic mass is 16.5. The molecule has 0 spiro atoms. The van der Waals surface area contributed by atoms with Gasteiger partial charge < -0.3 is 19.4 Å². The lowest BCUT2D eigenvalue weighted by Gasteiger charge is -2.24. The topological polar surface area (TPSA) is 79.9 Å². The van der Waals surface area contributed by atoms with Gasteiger partial charge in [0, 0.05) is 12.0 Å². The lowest BCUT2D eigenvalue weighted by Crippen LogP contribution is -2.39. The Kier molecular flexibility index (Phi) is 2.75. The summed E-state index contributed by atoms with van der Waals surface area (Å²) >= 11 is 0. The highest BCUT2D eigenvalue weighted by Crippen LogP contribution is 2.39. The largest absolute Gasteiger partial charge is 0.507 e. The summed E-state index contributed by atoms with van der Waals surface area (Å²) in [6.07, 6.45) is 0.157. The van der Waals surface area contributed by atoms with E-state index in [0.29, 0.717) is 28.7 Å². The van der Waals surface area contributed by atoms with Crippen molar-refractivity contribution >= 4 is 21.9 Å². The second-order valence-corrected chi connectivity index (χ2v) is 6.48. The molecule has 0 saturated carbocycles. The van der Waals surface area contributed by atoms with Gasteiger partial charge in [-0.15, -0.1) is 0 Å². The second kappa shape index (κ2) is 4.49. The number of phenolic OH excluding ortho intramolecular Hbond substituents is 1. The van der Waals surface area contributed by atoms with Gasteiger partial charge in [-0.05, 0) is 32.0 Å². The summed E-state index contributed by atoms with van der Waals surface area (Å²) in [5.74, 6) is 0.394. The van der Waals surface area contributed by atoms with Crippen molar-refractivity contribution < 1.29 is 19.4 Å². The van der Waals surface area contributed by atoms with E-state index in [1.165, 1.54) is 6.07 Å². The van der Waals surface area contributed by atoms with Crippen LogP contribution in [-0.2, 0) is 6.42 Å². The number of ether oxygens (including phenoxy) is 1. The van der Waals surface area contributed by atoms with Crippen LogP contribution in [0.25, 0.3) is 21.9 Å². The first-order valence-corrected chi connectivity index (χ1v) is 7.45. The molecule has 1 aliphatic rings. The summed E-state index contributed by atoms with van der Waals surface area (Å²) in [4.78, 5) is 12.7. The Morgan fingerprint density at radius 1 is 1.22 bits per heavy atom. The van der Waals surface area contributed by atoms with E-state index in [2.05, 4.69) is 0 Å². The highest BCUT2D eigenvalue weighted by Gasteiger charge is 2.36. The summed E-state index contributed by atoms with van der Waals surface area (Å²) in [5.41, 5.74) is 0.272. The van der Waals surface area contributed by atoms with Crippen LogP contribution >= 0.6 is 0 Å². The Morgan fingerprint density at radius 2 is 2.00 bits per heavy atom. The smallest absolute Gasteiger partial charge is 0.204 e. The van der Waals surface area contributed by atoms with Crippen molar-refractivity contribution in [3.63, 3.8) is 0 Å². The summed E-state index contributed by atoms with van der Waals surface area (Å²) in [7, 11) is 0. The molecule has 0 saturated heterocycles. The van der Waals surface area contributed by atoms with Crippen LogP contribution in [-0.4, -0.2) is 21.9 Å². The van der Waals surface area contributed by atoms with E-state index in [0.717, 1.165) is 5.56 Å². The van der Waals surface area contributed by atoms with E-state index < -0.39 is 11.7 Å². The van der Waals surface area contributed by atoms with Crippen LogP contribution in [0, 0.1) is 0 Å². The predicted octanol–water partition coefficient (Wildman–Crippen LogP) is 2.73. The molecule has 2 heterocycles. The average Bonchev–Trinajstić information content (AvgIpc) is 2.92. The van der Waals surface area contributed by atoms with Crippen LogP contribution in [0.3, 0.4) is 0 Å². The number of phenols is 1. The van der Waals surface area contributed by atoms with Gasteiger partial charge in [-0.3, -0.25) is 4.79 Å². The number of rotatable bonds is 1. The van der Waals surface area contributed by atoms with Crippen LogP contribution in [0.15, 0.2) is 39.5 Å². The molecular weight excluding hydrogens is 296 g/mol. The van der Waals surface area contributed by atoms with Crippen LogP contribution in [0.5, 0.6) is 11.5 Å². The molecule has 0 radical (unpaired) electrons. The molecule has 0 amide bonds. The molecule has 4 rings (SSSR count). The number of aliphatic hydroxyl groups is 1. The van der Waals surface area contributed by atoms with Gasteiger partial charge in [0.15, 0.2) is 11.3 Å². The minimum absolute atomic E-state index is 0.103. The van der Waals surface area contributed by atoms with Gasteiger partial charge in [0.2, 0.25) is 5.43 Å². The normalized spacial score (nSPS) is 17.4. The van der Waals surface area contributed by atoms with E-state index >= 15 is 0 Å². The Balaban J connectivity index is 2.03. The van der Waals surface area contributed by atoms with Crippen molar-refractivity contribution in [1.82, 2.24) is 0 Å². The molecule has 0 bridgehead atoms. The second-order valence-electron chi connectivity index (χ2n) is 6.48. The minimum atomic E-state index is -0.999. The third-order valence-electron chi connectivity index (χ3n) is 4.33. The van der Waals surface area contributed by atoms with Crippen LogP contribution in [0.4, 0.5) is 0 Å². The summed E-state index contributed by atoms with van der Waals surface area (Å²) < 4.78 is 11.7. The molecule has 2 aromatic carbocycles. The number of aromatic hydroxyl groups is 1. The first-order valence-electron chi connectivity index (χ1n) is 7.45. The fourth-order valence-electron chi connectivity index (χ4n) is 3.03. The fourth-order valence-corrected chi connectivity index (χ4v) is 3.03. The third kappa shape index (κ3) is 2.00. The van der Waals surface area contributed by atoms with Gasteiger partial charge in [0.25, 0.3) is 0 Å². The Morgan fingerprint density at radius 3 is 2.74 bits per heavy atom. The number of benzene rings is 2. The molecule has 5 heteroatoms. The molecule has 1 aliphatic heterocycles. The van der Waals surface area contributed by atoms with Gasteiger partial charge >= 0.3 is 0 Å². The predicted molar refractivity (Wildman–Crippen MR) is 86.1 cm³/mol. The minimum Gasteiger partial charge on any atom is -0.507 e. The molecule has 1 aromatic heterocycles. The standard InChI is InChI=1S/C18H16O5/c1-18(2,21)13-8-9-6-7-10-15(20)14-11(19)4-3-5-12(14)22-17(10)16(9)23-13/h3-7,13,19,21H,8H2,1-2H3. The maximum absolute atomic E-state index is 12.7. The maximum atomic E-state index is 12.7. The molecule has 0 fully saturated rings. The van der Waals surface area contributed by atoms with Crippen molar-refractivity contribution in [3.05, 3.63) is 46.1 Å². The first kappa shape index (κ1) is 14.1. The molecular formula is C18H16O5. The van der Waals surface area contributed by atoms with Crippen LogP contribution in [0.1, 0.15) is 19.4 Å². The Bertz CT molecular complexity index is 994. The van der Waals surface area contributed by atoms with Crippen molar-refractivity contribution in [2.24, 2.45) is 0 Å². The van der Waals surface area contributed by atoms with E-state index in [1.54, 1.807) is 32.0 Å². The summed E-state index contributed by atoms with van der Waals surface area (Å²) in [5, 5.41) is 20.6. The number of hydrogen-bond acceptors (Lipinski definition) is 5. The molecule has 1 unspecified atom stereocenters. The zero-order valence-corrected chi connectivity index (χ0v) is 12.8. The first-order chi connectivity index (χ1) is 10.9. The molecule has 2 N–H and O–H groups in total.